The molecule has 100 valence electrons. The van der Waals surface area contributed by atoms with Crippen molar-refractivity contribution in [2.24, 2.45) is 0 Å². The highest BCUT2D eigenvalue weighted by Gasteiger charge is 2.06. The third kappa shape index (κ3) is 4.64. The molecule has 0 saturated carbocycles. The van der Waals surface area contributed by atoms with E-state index >= 15 is 0 Å². The van der Waals surface area contributed by atoms with Gasteiger partial charge in [-0.15, -0.1) is 10.2 Å². The third-order valence-electron chi connectivity index (χ3n) is 2.27. The maximum absolute atomic E-state index is 11.2. The van der Waals surface area contributed by atoms with Crippen molar-refractivity contribution in [3.63, 3.8) is 0 Å². The topological polar surface area (TPSA) is 96.4 Å². The number of hydrogen-bond acceptors (Lipinski definition) is 6. The molecule has 3 N–H and O–H groups in total. The van der Waals surface area contributed by atoms with Gasteiger partial charge in [-0.3, -0.25) is 4.79 Å². The predicted molar refractivity (Wildman–Crippen MR) is 66.4 cm³/mol. The van der Waals surface area contributed by atoms with Gasteiger partial charge in [0.05, 0.1) is 12.7 Å². The van der Waals surface area contributed by atoms with Crippen LogP contribution in [0.3, 0.4) is 0 Å². The van der Waals surface area contributed by atoms with Gasteiger partial charge in [-0.05, 0) is 18.6 Å². The minimum Gasteiger partial charge on any atom is -0.391 e. The van der Waals surface area contributed by atoms with Crippen LogP contribution in [0.25, 0.3) is 0 Å². The Morgan fingerprint density at radius 3 is 2.83 bits per heavy atom. The first-order valence-electron chi connectivity index (χ1n) is 5.64. The van der Waals surface area contributed by atoms with Crippen LogP contribution >= 0.6 is 0 Å². The molecule has 0 radical (unpaired) electrons. The Morgan fingerprint density at radius 1 is 1.50 bits per heavy atom. The van der Waals surface area contributed by atoms with Crippen molar-refractivity contribution in [3.8, 4) is 0 Å². The lowest BCUT2D eigenvalue weighted by atomic mass is 10.2. The number of hydrogen-bond donors (Lipinski definition) is 3. The molecule has 1 aromatic rings. The molecule has 0 spiro atoms. The molecule has 0 aliphatic rings. The van der Waals surface area contributed by atoms with Gasteiger partial charge in [0.15, 0.2) is 5.69 Å². The van der Waals surface area contributed by atoms with Gasteiger partial charge < -0.3 is 20.5 Å². The summed E-state index contributed by atoms with van der Waals surface area (Å²) in [4.78, 5) is 11.2. The Labute approximate surface area is 106 Å². The molecular weight excluding hydrogens is 236 g/mol. The van der Waals surface area contributed by atoms with Gasteiger partial charge >= 0.3 is 0 Å². The second-order valence-corrected chi connectivity index (χ2v) is 3.71. The molecule has 1 aromatic heterocycles. The predicted octanol–water partition coefficient (Wildman–Crippen LogP) is -0.355. The first kappa shape index (κ1) is 14.3. The van der Waals surface area contributed by atoms with Crippen LogP contribution in [-0.2, 0) is 4.74 Å². The number of carbonyl (C=O) groups is 1. The highest BCUT2D eigenvalue weighted by molar-refractivity contribution is 5.91. The van der Waals surface area contributed by atoms with Gasteiger partial charge in [-0.25, -0.2) is 0 Å². The Kier molecular flexibility index (Phi) is 6.03. The monoisotopic (exact) mass is 254 g/mol. The number of anilines is 1. The summed E-state index contributed by atoms with van der Waals surface area (Å²) in [5.74, 6) is 0.289. The Hall–Kier alpha value is -1.73. The van der Waals surface area contributed by atoms with Gasteiger partial charge in [0.2, 0.25) is 0 Å². The minimum absolute atomic E-state index is 0.266. The molecule has 0 fully saturated rings. The summed E-state index contributed by atoms with van der Waals surface area (Å²) in [6, 6.07) is 3.25. The summed E-state index contributed by atoms with van der Waals surface area (Å²) >= 11 is 0. The molecule has 0 aromatic carbocycles. The molecular formula is C11H18N4O3. The number of ether oxygens (including phenoxy) is 1. The van der Waals surface area contributed by atoms with Crippen LogP contribution in [0, 0.1) is 0 Å². The lowest BCUT2D eigenvalue weighted by molar-refractivity contribution is 0.0615. The smallest absolute Gasteiger partial charge is 0.271 e. The number of rotatable bonds is 7. The Morgan fingerprint density at radius 2 is 2.28 bits per heavy atom. The molecule has 7 nitrogen and oxygen atoms in total. The first-order chi connectivity index (χ1) is 8.67. The summed E-state index contributed by atoms with van der Waals surface area (Å²) in [7, 11) is 3.08. The fourth-order valence-electron chi connectivity index (χ4n) is 1.32. The lowest BCUT2D eigenvalue weighted by Crippen LogP contribution is -2.20. The van der Waals surface area contributed by atoms with E-state index < -0.39 is 6.10 Å². The van der Waals surface area contributed by atoms with Crippen LogP contribution in [-0.4, -0.2) is 54.6 Å². The summed E-state index contributed by atoms with van der Waals surface area (Å²) in [6.45, 7) is 0.863. The van der Waals surface area contributed by atoms with Crippen molar-refractivity contribution in [2.75, 3.05) is 32.6 Å². The molecule has 1 amide bonds. The minimum atomic E-state index is -0.499. The molecule has 0 aliphatic carbocycles. The van der Waals surface area contributed by atoms with E-state index in [-0.39, 0.29) is 11.6 Å². The number of nitrogens with zero attached hydrogens (tertiary/aromatic N) is 2. The second-order valence-electron chi connectivity index (χ2n) is 3.71. The van der Waals surface area contributed by atoms with Crippen LogP contribution in [0.4, 0.5) is 5.82 Å². The molecule has 7 heteroatoms. The third-order valence-corrected chi connectivity index (χ3v) is 2.27. The number of methoxy groups -OCH3 is 1. The van der Waals surface area contributed by atoms with E-state index in [1.54, 1.807) is 19.2 Å². The van der Waals surface area contributed by atoms with Crippen molar-refractivity contribution in [1.29, 1.82) is 0 Å². The quantitative estimate of drug-likeness (QED) is 0.615. The zero-order valence-electron chi connectivity index (χ0n) is 10.5. The van der Waals surface area contributed by atoms with E-state index in [4.69, 9.17) is 4.74 Å². The van der Waals surface area contributed by atoms with Crippen molar-refractivity contribution < 1.29 is 14.6 Å². The number of amides is 1. The number of nitrogens with one attached hydrogen (secondary N) is 2. The van der Waals surface area contributed by atoms with Gasteiger partial charge in [0.1, 0.15) is 5.82 Å². The first-order valence-corrected chi connectivity index (χ1v) is 5.64. The fraction of sp³-hybridized carbons (Fsp3) is 0.545. The van der Waals surface area contributed by atoms with Crippen LogP contribution in [0.1, 0.15) is 16.9 Å². The average Bonchev–Trinajstić information content (AvgIpc) is 2.39. The normalized spacial score (nSPS) is 11.9. The molecule has 18 heavy (non-hydrogen) atoms. The maximum Gasteiger partial charge on any atom is 0.271 e. The fourth-order valence-corrected chi connectivity index (χ4v) is 1.32. The zero-order valence-corrected chi connectivity index (χ0v) is 10.5. The lowest BCUT2D eigenvalue weighted by Gasteiger charge is -2.10. The molecule has 1 atom stereocenters. The molecule has 0 bridgehead atoms. The van der Waals surface area contributed by atoms with Crippen molar-refractivity contribution in [1.82, 2.24) is 15.5 Å². The second kappa shape index (κ2) is 7.57. The largest absolute Gasteiger partial charge is 0.391 e. The highest BCUT2D eigenvalue weighted by Crippen LogP contribution is 2.02. The standard InChI is InChI=1S/C11H18N4O3/c1-12-11(17)9-3-4-10(15-14-9)13-6-5-8(16)7-18-2/h3-4,8,16H,5-7H2,1-2H3,(H,12,17)(H,13,15). The SMILES string of the molecule is CNC(=O)c1ccc(NCCC(O)COC)nn1. The van der Waals surface area contributed by atoms with Gasteiger partial charge in [0.25, 0.3) is 5.91 Å². The van der Waals surface area contributed by atoms with Gasteiger partial charge in [-0.2, -0.15) is 0 Å². The molecule has 0 aliphatic heterocycles. The van der Waals surface area contributed by atoms with Crippen LogP contribution in [0.15, 0.2) is 12.1 Å². The molecule has 1 unspecified atom stereocenters. The average molecular weight is 254 g/mol. The van der Waals surface area contributed by atoms with Crippen molar-refractivity contribution in [2.45, 2.75) is 12.5 Å². The zero-order chi connectivity index (χ0) is 13.4. The summed E-state index contributed by atoms with van der Waals surface area (Å²) in [5, 5.41) is 22.5. The van der Waals surface area contributed by atoms with Crippen LogP contribution in [0.5, 0.6) is 0 Å². The van der Waals surface area contributed by atoms with Crippen LogP contribution in [0.2, 0.25) is 0 Å². The van der Waals surface area contributed by atoms with Gasteiger partial charge in [-0.1, -0.05) is 0 Å². The Balaban J connectivity index is 2.37. The van der Waals surface area contributed by atoms with Gasteiger partial charge in [0, 0.05) is 20.7 Å². The number of carbonyl (C=O) groups excluding carboxylic acids is 1. The Bertz CT molecular complexity index is 369. The summed E-state index contributed by atoms with van der Waals surface area (Å²) in [6.07, 6.45) is 0.0489. The van der Waals surface area contributed by atoms with E-state index in [0.717, 1.165) is 0 Å². The summed E-state index contributed by atoms with van der Waals surface area (Å²) < 4.78 is 4.81. The van der Waals surface area contributed by atoms with E-state index in [2.05, 4.69) is 20.8 Å². The van der Waals surface area contributed by atoms with Crippen molar-refractivity contribution >= 4 is 11.7 Å². The van der Waals surface area contributed by atoms with E-state index in [1.165, 1.54) is 7.05 Å². The highest BCUT2D eigenvalue weighted by atomic mass is 16.5. The molecule has 1 rings (SSSR count). The summed E-state index contributed by atoms with van der Waals surface area (Å²) in [5.41, 5.74) is 0.266. The maximum atomic E-state index is 11.2. The number of aliphatic hydroxyl groups is 1. The van der Waals surface area contributed by atoms with E-state index in [1.807, 2.05) is 0 Å². The molecule has 1 heterocycles. The number of aliphatic hydroxyl groups excluding tert-OH is 1. The number of aromatic nitrogens is 2. The van der Waals surface area contributed by atoms with E-state index in [9.17, 15) is 9.90 Å². The molecule has 0 saturated heterocycles. The van der Waals surface area contributed by atoms with Crippen molar-refractivity contribution in [3.05, 3.63) is 17.8 Å². The van der Waals surface area contributed by atoms with Crippen LogP contribution < -0.4 is 10.6 Å². The van der Waals surface area contributed by atoms with E-state index in [0.29, 0.717) is 25.4 Å².